The van der Waals surface area contributed by atoms with Gasteiger partial charge in [-0.3, -0.25) is 0 Å². The zero-order chi connectivity index (χ0) is 14.4. The quantitative estimate of drug-likeness (QED) is 0.684. The second-order valence-electron chi connectivity index (χ2n) is 4.93. The van der Waals surface area contributed by atoms with Crippen molar-refractivity contribution >= 4 is 10.8 Å². The second-order valence-corrected chi connectivity index (χ2v) is 4.93. The van der Waals surface area contributed by atoms with Gasteiger partial charge in [-0.2, -0.15) is 0 Å². The molecule has 0 unspecified atom stereocenters. The number of ether oxygens (including phenoxy) is 2. The summed E-state index contributed by atoms with van der Waals surface area (Å²) >= 11 is 0. The summed E-state index contributed by atoms with van der Waals surface area (Å²) in [5.41, 5.74) is 1.37. The minimum atomic E-state index is -0.368. The summed E-state index contributed by atoms with van der Waals surface area (Å²) in [6.07, 6.45) is 0. The molecule has 0 bridgehead atoms. The van der Waals surface area contributed by atoms with E-state index >= 15 is 0 Å². The molecule has 2 heterocycles. The molecule has 0 saturated carbocycles. The van der Waals surface area contributed by atoms with Gasteiger partial charge in [-0.05, 0) is 19.1 Å². The van der Waals surface area contributed by atoms with E-state index in [0.29, 0.717) is 22.6 Å². The van der Waals surface area contributed by atoms with E-state index in [1.165, 1.54) is 0 Å². The third-order valence-corrected chi connectivity index (χ3v) is 3.71. The van der Waals surface area contributed by atoms with Crippen molar-refractivity contribution in [3.63, 3.8) is 0 Å². The molecule has 1 aliphatic rings. The standard InChI is InChI=1S/C17H12O4/c1-10-14-12(7-8-13-16(14)20-9-19-13)17(18)21-15(10)11-5-3-2-4-6-11/h2-8H,9H2,1H3. The first-order valence-electron chi connectivity index (χ1n) is 6.67. The first-order valence-corrected chi connectivity index (χ1v) is 6.67. The smallest absolute Gasteiger partial charge is 0.344 e. The molecule has 21 heavy (non-hydrogen) atoms. The lowest BCUT2D eigenvalue weighted by Crippen LogP contribution is -2.03. The average molecular weight is 280 g/mol. The van der Waals surface area contributed by atoms with Crippen molar-refractivity contribution < 1.29 is 13.9 Å². The molecule has 0 saturated heterocycles. The predicted molar refractivity (Wildman–Crippen MR) is 78.8 cm³/mol. The number of hydrogen-bond acceptors (Lipinski definition) is 4. The molecule has 0 amide bonds. The van der Waals surface area contributed by atoms with Gasteiger partial charge in [0.25, 0.3) is 0 Å². The molecule has 0 N–H and O–H groups in total. The van der Waals surface area contributed by atoms with Crippen LogP contribution in [-0.4, -0.2) is 6.79 Å². The van der Waals surface area contributed by atoms with E-state index in [2.05, 4.69) is 0 Å². The van der Waals surface area contributed by atoms with E-state index in [4.69, 9.17) is 13.9 Å². The summed E-state index contributed by atoms with van der Waals surface area (Å²) in [5.74, 6) is 1.85. The Balaban J connectivity index is 2.12. The number of benzene rings is 2. The van der Waals surface area contributed by atoms with Gasteiger partial charge in [-0.1, -0.05) is 30.3 Å². The third-order valence-electron chi connectivity index (χ3n) is 3.71. The van der Waals surface area contributed by atoms with Crippen LogP contribution in [0.4, 0.5) is 0 Å². The van der Waals surface area contributed by atoms with E-state index in [1.807, 2.05) is 37.3 Å². The molecule has 2 aromatic carbocycles. The Bertz CT molecular complexity index is 894. The van der Waals surface area contributed by atoms with Crippen molar-refractivity contribution in [2.75, 3.05) is 6.79 Å². The number of aryl methyl sites for hydroxylation is 1. The van der Waals surface area contributed by atoms with Crippen LogP contribution in [0.1, 0.15) is 5.56 Å². The molecule has 4 rings (SSSR count). The van der Waals surface area contributed by atoms with Crippen molar-refractivity contribution in [2.45, 2.75) is 6.92 Å². The highest BCUT2D eigenvalue weighted by molar-refractivity contribution is 5.95. The maximum absolute atomic E-state index is 12.3. The van der Waals surface area contributed by atoms with Gasteiger partial charge in [0.05, 0.1) is 5.39 Å². The minimum absolute atomic E-state index is 0.175. The first kappa shape index (κ1) is 12.0. The molecule has 104 valence electrons. The zero-order valence-corrected chi connectivity index (χ0v) is 11.4. The van der Waals surface area contributed by atoms with Gasteiger partial charge in [0.2, 0.25) is 6.79 Å². The Morgan fingerprint density at radius 2 is 1.81 bits per heavy atom. The molecule has 0 radical (unpaired) electrons. The fourth-order valence-electron chi connectivity index (χ4n) is 2.72. The topological polar surface area (TPSA) is 48.7 Å². The van der Waals surface area contributed by atoms with Gasteiger partial charge in [-0.15, -0.1) is 0 Å². The average Bonchev–Trinajstić information content (AvgIpc) is 2.99. The normalized spacial score (nSPS) is 12.8. The molecule has 0 fully saturated rings. The van der Waals surface area contributed by atoms with Crippen LogP contribution >= 0.6 is 0 Å². The molecular formula is C17H12O4. The van der Waals surface area contributed by atoms with Crippen LogP contribution in [0.3, 0.4) is 0 Å². The predicted octanol–water partition coefficient (Wildman–Crippen LogP) is 3.50. The number of rotatable bonds is 1. The highest BCUT2D eigenvalue weighted by Gasteiger charge is 2.22. The summed E-state index contributed by atoms with van der Waals surface area (Å²) < 4.78 is 16.4. The fourth-order valence-corrected chi connectivity index (χ4v) is 2.72. The molecule has 0 aliphatic carbocycles. The van der Waals surface area contributed by atoms with E-state index < -0.39 is 0 Å². The Labute approximate surface area is 120 Å². The van der Waals surface area contributed by atoms with Crippen LogP contribution < -0.4 is 15.1 Å². The van der Waals surface area contributed by atoms with E-state index in [1.54, 1.807) is 12.1 Å². The van der Waals surface area contributed by atoms with Gasteiger partial charge in [0, 0.05) is 16.5 Å². The lowest BCUT2D eigenvalue weighted by molar-refractivity contribution is 0.175. The van der Waals surface area contributed by atoms with E-state index in [0.717, 1.165) is 16.5 Å². The maximum Gasteiger partial charge on any atom is 0.344 e. The van der Waals surface area contributed by atoms with Crippen LogP contribution in [0.25, 0.3) is 22.1 Å². The Hall–Kier alpha value is -2.75. The molecule has 0 atom stereocenters. The fraction of sp³-hybridized carbons (Fsp3) is 0.118. The number of hydrogen-bond donors (Lipinski definition) is 0. The van der Waals surface area contributed by atoms with Crippen molar-refractivity contribution in [2.24, 2.45) is 0 Å². The molecule has 0 spiro atoms. The van der Waals surface area contributed by atoms with Crippen molar-refractivity contribution in [1.29, 1.82) is 0 Å². The first-order chi connectivity index (χ1) is 10.3. The van der Waals surface area contributed by atoms with Crippen LogP contribution in [0.2, 0.25) is 0 Å². The molecule has 1 aliphatic heterocycles. The summed E-state index contributed by atoms with van der Waals surface area (Å²) in [6, 6.07) is 13.0. The van der Waals surface area contributed by atoms with Crippen LogP contribution in [0, 0.1) is 6.92 Å². The van der Waals surface area contributed by atoms with Gasteiger partial charge in [0.1, 0.15) is 5.76 Å². The van der Waals surface area contributed by atoms with Gasteiger partial charge < -0.3 is 13.9 Å². The van der Waals surface area contributed by atoms with Crippen molar-refractivity contribution in [3.8, 4) is 22.8 Å². The highest BCUT2D eigenvalue weighted by Crippen LogP contribution is 2.41. The summed E-state index contributed by atoms with van der Waals surface area (Å²) in [4.78, 5) is 12.3. The lowest BCUT2D eigenvalue weighted by Gasteiger charge is -2.09. The van der Waals surface area contributed by atoms with Crippen LogP contribution in [0.15, 0.2) is 51.7 Å². The van der Waals surface area contributed by atoms with Gasteiger partial charge in [-0.25, -0.2) is 4.79 Å². The van der Waals surface area contributed by atoms with Crippen LogP contribution in [-0.2, 0) is 0 Å². The molecule has 3 aromatic rings. The summed E-state index contributed by atoms with van der Waals surface area (Å²) in [6.45, 7) is 2.10. The SMILES string of the molecule is Cc1c(-c2ccccc2)oc(=O)c2ccc3c(c12)OCO3. The molecule has 4 heteroatoms. The van der Waals surface area contributed by atoms with E-state index in [-0.39, 0.29) is 12.4 Å². The van der Waals surface area contributed by atoms with Crippen molar-refractivity contribution in [1.82, 2.24) is 0 Å². The van der Waals surface area contributed by atoms with E-state index in [9.17, 15) is 4.79 Å². The lowest BCUT2D eigenvalue weighted by atomic mass is 10.0. The van der Waals surface area contributed by atoms with Gasteiger partial charge in [0.15, 0.2) is 11.5 Å². The summed E-state index contributed by atoms with van der Waals surface area (Å²) in [5, 5.41) is 1.27. The van der Waals surface area contributed by atoms with Crippen LogP contribution in [0.5, 0.6) is 11.5 Å². The molecular weight excluding hydrogens is 268 g/mol. The van der Waals surface area contributed by atoms with Gasteiger partial charge >= 0.3 is 5.63 Å². The number of fused-ring (bicyclic) bond motifs is 3. The Morgan fingerprint density at radius 1 is 1.00 bits per heavy atom. The second kappa shape index (κ2) is 4.38. The summed E-state index contributed by atoms with van der Waals surface area (Å²) in [7, 11) is 0. The Kier molecular flexibility index (Phi) is 2.51. The Morgan fingerprint density at radius 3 is 2.62 bits per heavy atom. The third kappa shape index (κ3) is 1.72. The molecule has 4 nitrogen and oxygen atoms in total. The maximum atomic E-state index is 12.3. The highest BCUT2D eigenvalue weighted by atomic mass is 16.7. The largest absolute Gasteiger partial charge is 0.454 e. The monoisotopic (exact) mass is 280 g/mol. The zero-order valence-electron chi connectivity index (χ0n) is 11.4. The minimum Gasteiger partial charge on any atom is -0.454 e. The molecule has 1 aromatic heterocycles. The van der Waals surface area contributed by atoms with Crippen molar-refractivity contribution in [3.05, 3.63) is 58.4 Å².